The van der Waals surface area contributed by atoms with Crippen molar-refractivity contribution in [2.75, 3.05) is 7.11 Å². The van der Waals surface area contributed by atoms with Crippen LogP contribution in [0.15, 0.2) is 30.6 Å². The fourth-order valence-electron chi connectivity index (χ4n) is 1.40. The lowest BCUT2D eigenvalue weighted by Crippen LogP contribution is -1.99. The second-order valence-corrected chi connectivity index (χ2v) is 3.58. The number of halogens is 1. The number of carbonyl (C=O) groups is 1. The molecule has 0 bridgehead atoms. The summed E-state index contributed by atoms with van der Waals surface area (Å²) >= 11 is 5.77. The number of methoxy groups -OCH3 is 1. The van der Waals surface area contributed by atoms with Crippen molar-refractivity contribution in [1.29, 1.82) is 0 Å². The third-order valence-corrected chi connectivity index (χ3v) is 2.35. The zero-order chi connectivity index (χ0) is 11.5. The van der Waals surface area contributed by atoms with Crippen LogP contribution in [0.2, 0.25) is 5.02 Å². The molecule has 82 valence electrons. The Bertz CT molecular complexity index is 522. The summed E-state index contributed by atoms with van der Waals surface area (Å²) in [5.41, 5.74) is 1.17. The molecule has 0 aliphatic heterocycles. The van der Waals surface area contributed by atoms with E-state index in [1.54, 1.807) is 36.2 Å². The average molecular weight is 237 g/mol. The fourth-order valence-corrected chi connectivity index (χ4v) is 1.53. The number of rotatable bonds is 3. The molecule has 1 aromatic heterocycles. The monoisotopic (exact) mass is 236 g/mol. The number of nitrogens with zero attached hydrogens (tertiary/aromatic N) is 2. The Morgan fingerprint density at radius 2 is 2.31 bits per heavy atom. The van der Waals surface area contributed by atoms with E-state index in [9.17, 15) is 4.79 Å². The summed E-state index contributed by atoms with van der Waals surface area (Å²) in [6.45, 7) is 0. The molecule has 0 aliphatic rings. The van der Waals surface area contributed by atoms with Crippen molar-refractivity contribution in [3.8, 4) is 11.4 Å². The molecule has 0 fully saturated rings. The van der Waals surface area contributed by atoms with E-state index in [2.05, 4.69) is 5.10 Å². The zero-order valence-corrected chi connectivity index (χ0v) is 9.31. The Balaban J connectivity index is 2.52. The van der Waals surface area contributed by atoms with Crippen LogP contribution in [0, 0.1) is 0 Å². The lowest BCUT2D eigenvalue weighted by Gasteiger charge is -2.06. The van der Waals surface area contributed by atoms with Crippen LogP contribution in [0.5, 0.6) is 5.75 Å². The first kappa shape index (κ1) is 10.7. The van der Waals surface area contributed by atoms with Gasteiger partial charge in [0.15, 0.2) is 6.29 Å². The van der Waals surface area contributed by atoms with Gasteiger partial charge in [-0.05, 0) is 18.2 Å². The number of aldehydes is 1. The Labute approximate surface area is 97.4 Å². The van der Waals surface area contributed by atoms with Crippen LogP contribution in [-0.4, -0.2) is 23.2 Å². The number of ether oxygens (including phenoxy) is 1. The summed E-state index contributed by atoms with van der Waals surface area (Å²) in [5.74, 6) is 0.629. The Morgan fingerprint density at radius 3 is 2.88 bits per heavy atom. The maximum atomic E-state index is 10.9. The molecule has 0 saturated heterocycles. The van der Waals surface area contributed by atoms with Gasteiger partial charge in [-0.15, -0.1) is 0 Å². The SMILES string of the molecule is COc1ccc(-n2cc(Cl)cn2)c(C=O)c1. The summed E-state index contributed by atoms with van der Waals surface area (Å²) in [7, 11) is 1.55. The van der Waals surface area contributed by atoms with Crippen LogP contribution in [0.1, 0.15) is 10.4 Å². The van der Waals surface area contributed by atoms with Crippen LogP contribution < -0.4 is 4.74 Å². The highest BCUT2D eigenvalue weighted by Crippen LogP contribution is 2.20. The molecular weight excluding hydrogens is 228 g/mol. The van der Waals surface area contributed by atoms with Crippen molar-refractivity contribution < 1.29 is 9.53 Å². The average Bonchev–Trinajstić information content (AvgIpc) is 2.74. The Morgan fingerprint density at radius 1 is 1.50 bits per heavy atom. The predicted octanol–water partition coefficient (Wildman–Crippen LogP) is 2.35. The third-order valence-electron chi connectivity index (χ3n) is 2.16. The second-order valence-electron chi connectivity index (χ2n) is 3.15. The minimum Gasteiger partial charge on any atom is -0.497 e. The molecule has 1 aromatic carbocycles. The molecule has 16 heavy (non-hydrogen) atoms. The predicted molar refractivity (Wildman–Crippen MR) is 60.5 cm³/mol. The highest BCUT2D eigenvalue weighted by atomic mass is 35.5. The minimum absolute atomic E-state index is 0.499. The van der Waals surface area contributed by atoms with Gasteiger partial charge in [0.25, 0.3) is 0 Å². The van der Waals surface area contributed by atoms with Gasteiger partial charge in [0.2, 0.25) is 0 Å². The van der Waals surface area contributed by atoms with Gasteiger partial charge in [0.05, 0.1) is 24.0 Å². The molecule has 4 nitrogen and oxygen atoms in total. The molecule has 2 aromatic rings. The number of hydrogen-bond acceptors (Lipinski definition) is 3. The van der Waals surface area contributed by atoms with Crippen LogP contribution in [0.4, 0.5) is 0 Å². The molecule has 0 N–H and O–H groups in total. The van der Waals surface area contributed by atoms with Gasteiger partial charge in [-0.2, -0.15) is 5.10 Å². The minimum atomic E-state index is 0.499. The Kier molecular flexibility index (Phi) is 2.92. The number of hydrogen-bond donors (Lipinski definition) is 0. The first-order valence-electron chi connectivity index (χ1n) is 4.58. The molecule has 0 spiro atoms. The molecule has 5 heteroatoms. The lowest BCUT2D eigenvalue weighted by molar-refractivity contribution is 0.112. The van der Waals surface area contributed by atoms with Crippen molar-refractivity contribution in [2.24, 2.45) is 0 Å². The number of carbonyl (C=O) groups excluding carboxylic acids is 1. The van der Waals surface area contributed by atoms with Crippen molar-refractivity contribution >= 4 is 17.9 Å². The maximum Gasteiger partial charge on any atom is 0.152 e. The second kappa shape index (κ2) is 4.37. The smallest absolute Gasteiger partial charge is 0.152 e. The van der Waals surface area contributed by atoms with E-state index in [-0.39, 0.29) is 0 Å². The lowest BCUT2D eigenvalue weighted by atomic mass is 10.2. The number of benzene rings is 1. The van der Waals surface area contributed by atoms with Gasteiger partial charge in [0.1, 0.15) is 5.75 Å². The van der Waals surface area contributed by atoms with Crippen LogP contribution in [-0.2, 0) is 0 Å². The summed E-state index contributed by atoms with van der Waals surface area (Å²) in [4.78, 5) is 10.9. The quantitative estimate of drug-likeness (QED) is 0.769. The van der Waals surface area contributed by atoms with Gasteiger partial charge in [-0.25, -0.2) is 4.68 Å². The van der Waals surface area contributed by atoms with E-state index in [4.69, 9.17) is 16.3 Å². The molecule has 1 heterocycles. The Hall–Kier alpha value is -1.81. The summed E-state index contributed by atoms with van der Waals surface area (Å²) in [5, 5.41) is 4.56. The largest absolute Gasteiger partial charge is 0.497 e. The van der Waals surface area contributed by atoms with Crippen LogP contribution in [0.25, 0.3) is 5.69 Å². The molecule has 0 atom stereocenters. The summed E-state index contributed by atoms with van der Waals surface area (Å²) in [6, 6.07) is 5.17. The molecule has 0 unspecified atom stereocenters. The molecular formula is C11H9ClN2O2. The van der Waals surface area contributed by atoms with Crippen molar-refractivity contribution in [1.82, 2.24) is 9.78 Å². The van der Waals surface area contributed by atoms with Crippen LogP contribution in [0.3, 0.4) is 0 Å². The van der Waals surface area contributed by atoms with E-state index < -0.39 is 0 Å². The van der Waals surface area contributed by atoms with Crippen molar-refractivity contribution in [3.63, 3.8) is 0 Å². The first-order valence-corrected chi connectivity index (χ1v) is 4.96. The van der Waals surface area contributed by atoms with Gasteiger partial charge >= 0.3 is 0 Å². The topological polar surface area (TPSA) is 44.1 Å². The molecule has 0 aliphatic carbocycles. The van der Waals surface area contributed by atoms with Gasteiger partial charge in [-0.1, -0.05) is 11.6 Å². The standard InChI is InChI=1S/C11H9ClN2O2/c1-16-10-2-3-11(8(4-10)7-15)14-6-9(12)5-13-14/h2-7H,1H3. The molecule has 2 rings (SSSR count). The van der Waals surface area contributed by atoms with Crippen LogP contribution >= 0.6 is 11.6 Å². The van der Waals surface area contributed by atoms with E-state index >= 15 is 0 Å². The molecule has 0 saturated carbocycles. The highest BCUT2D eigenvalue weighted by Gasteiger charge is 2.06. The highest BCUT2D eigenvalue weighted by molar-refractivity contribution is 6.30. The van der Waals surface area contributed by atoms with E-state index in [0.29, 0.717) is 22.0 Å². The third kappa shape index (κ3) is 1.92. The summed E-state index contributed by atoms with van der Waals surface area (Å²) in [6.07, 6.45) is 3.91. The van der Waals surface area contributed by atoms with E-state index in [0.717, 1.165) is 6.29 Å². The van der Waals surface area contributed by atoms with Gasteiger partial charge < -0.3 is 4.74 Å². The number of aromatic nitrogens is 2. The van der Waals surface area contributed by atoms with Gasteiger partial charge in [-0.3, -0.25) is 4.79 Å². The molecule has 0 amide bonds. The maximum absolute atomic E-state index is 10.9. The van der Waals surface area contributed by atoms with Crippen molar-refractivity contribution in [3.05, 3.63) is 41.2 Å². The summed E-state index contributed by atoms with van der Waals surface area (Å²) < 4.78 is 6.59. The normalized spacial score (nSPS) is 10.1. The van der Waals surface area contributed by atoms with E-state index in [1.807, 2.05) is 0 Å². The van der Waals surface area contributed by atoms with Crippen molar-refractivity contribution in [2.45, 2.75) is 0 Å². The fraction of sp³-hybridized carbons (Fsp3) is 0.0909. The van der Waals surface area contributed by atoms with Gasteiger partial charge in [0, 0.05) is 11.8 Å². The molecule has 0 radical (unpaired) electrons. The zero-order valence-electron chi connectivity index (χ0n) is 8.55. The van der Waals surface area contributed by atoms with E-state index in [1.165, 1.54) is 6.20 Å². The first-order chi connectivity index (χ1) is 7.74.